The first kappa shape index (κ1) is 15.4. The van der Waals surface area contributed by atoms with Crippen molar-refractivity contribution in [2.45, 2.75) is 19.6 Å². The largest absolute Gasteiger partial charge is 0.370 e. The first-order valence-electron chi connectivity index (χ1n) is 7.47. The maximum atomic E-state index is 12.5. The maximum absolute atomic E-state index is 12.5. The summed E-state index contributed by atoms with van der Waals surface area (Å²) in [4.78, 5) is 29.9. The highest BCUT2D eigenvalue weighted by Gasteiger charge is 2.25. The van der Waals surface area contributed by atoms with Gasteiger partial charge in [0.25, 0.3) is 5.56 Å². The summed E-state index contributed by atoms with van der Waals surface area (Å²) < 4.78 is 6.93. The molecule has 2 aromatic heterocycles. The molecule has 2 aromatic rings. The van der Waals surface area contributed by atoms with E-state index in [2.05, 4.69) is 10.1 Å². The molecule has 0 N–H and O–H groups in total. The lowest BCUT2D eigenvalue weighted by atomic mass is 10.1. The normalized spacial score (nSPS) is 18.0. The molecule has 1 atom stereocenters. The van der Waals surface area contributed by atoms with Crippen LogP contribution in [0.4, 0.5) is 0 Å². The molecule has 0 aromatic carbocycles. The molecule has 0 bridgehead atoms. The van der Waals surface area contributed by atoms with Crippen molar-refractivity contribution in [2.75, 3.05) is 19.7 Å². The van der Waals surface area contributed by atoms with Crippen molar-refractivity contribution >= 4 is 5.91 Å². The van der Waals surface area contributed by atoms with Gasteiger partial charge in [-0.15, -0.1) is 0 Å². The molecule has 3 heterocycles. The van der Waals surface area contributed by atoms with Crippen molar-refractivity contribution < 1.29 is 9.53 Å². The Morgan fingerprint density at radius 1 is 1.30 bits per heavy atom. The first-order chi connectivity index (χ1) is 11.1. The van der Waals surface area contributed by atoms with Gasteiger partial charge in [-0.25, -0.2) is 4.68 Å². The lowest BCUT2D eigenvalue weighted by Gasteiger charge is -2.33. The van der Waals surface area contributed by atoms with Gasteiger partial charge in [0.05, 0.1) is 18.8 Å². The average Bonchev–Trinajstić information content (AvgIpc) is 2.59. The van der Waals surface area contributed by atoms with E-state index in [1.54, 1.807) is 30.3 Å². The Kier molecular flexibility index (Phi) is 4.47. The topological polar surface area (TPSA) is 77.3 Å². The van der Waals surface area contributed by atoms with Gasteiger partial charge in [-0.2, -0.15) is 5.10 Å². The number of nitrogens with zero attached hydrogens (tertiary/aromatic N) is 4. The van der Waals surface area contributed by atoms with Crippen LogP contribution in [0.1, 0.15) is 17.4 Å². The van der Waals surface area contributed by atoms with Crippen molar-refractivity contribution in [2.24, 2.45) is 0 Å². The lowest BCUT2D eigenvalue weighted by molar-refractivity contribution is -0.140. The van der Waals surface area contributed by atoms with Gasteiger partial charge in [0, 0.05) is 25.0 Å². The zero-order valence-corrected chi connectivity index (χ0v) is 12.9. The fraction of sp³-hybridized carbons (Fsp3) is 0.375. The molecule has 0 spiro atoms. The molecule has 0 radical (unpaired) electrons. The molecule has 0 unspecified atom stereocenters. The molecule has 1 amide bonds. The number of rotatable bonds is 3. The van der Waals surface area contributed by atoms with E-state index >= 15 is 0 Å². The number of amides is 1. The van der Waals surface area contributed by atoms with Gasteiger partial charge in [0.1, 0.15) is 12.6 Å². The van der Waals surface area contributed by atoms with E-state index in [0.29, 0.717) is 25.4 Å². The molecule has 1 aliphatic heterocycles. The summed E-state index contributed by atoms with van der Waals surface area (Å²) in [6, 6.07) is 6.82. The van der Waals surface area contributed by atoms with E-state index in [1.807, 2.05) is 12.1 Å². The van der Waals surface area contributed by atoms with Crippen LogP contribution in [-0.4, -0.2) is 45.3 Å². The Bertz CT molecular complexity index is 744. The predicted molar refractivity (Wildman–Crippen MR) is 82.7 cm³/mol. The van der Waals surface area contributed by atoms with Crippen LogP contribution in [0.3, 0.4) is 0 Å². The molecule has 7 heteroatoms. The van der Waals surface area contributed by atoms with Gasteiger partial charge in [-0.3, -0.25) is 14.6 Å². The number of ether oxygens (including phenoxy) is 1. The zero-order valence-electron chi connectivity index (χ0n) is 12.9. The van der Waals surface area contributed by atoms with Gasteiger partial charge >= 0.3 is 0 Å². The van der Waals surface area contributed by atoms with Crippen LogP contribution in [-0.2, 0) is 16.1 Å². The Morgan fingerprint density at radius 2 is 2.09 bits per heavy atom. The fourth-order valence-corrected chi connectivity index (χ4v) is 2.55. The van der Waals surface area contributed by atoms with Crippen molar-refractivity contribution in [3.8, 4) is 0 Å². The zero-order chi connectivity index (χ0) is 16.2. The highest BCUT2D eigenvalue weighted by Crippen LogP contribution is 2.21. The van der Waals surface area contributed by atoms with Crippen LogP contribution in [0.25, 0.3) is 0 Å². The minimum atomic E-state index is -0.275. The number of carbonyl (C=O) groups excluding carboxylic acids is 1. The van der Waals surface area contributed by atoms with Crippen molar-refractivity contribution in [1.82, 2.24) is 19.7 Å². The molecule has 1 fully saturated rings. The summed E-state index contributed by atoms with van der Waals surface area (Å²) in [5.41, 5.74) is 1.42. The number of pyridine rings is 1. The highest BCUT2D eigenvalue weighted by molar-refractivity contribution is 5.76. The van der Waals surface area contributed by atoms with Gasteiger partial charge in [0.2, 0.25) is 5.91 Å². The van der Waals surface area contributed by atoms with Crippen LogP contribution in [0.5, 0.6) is 0 Å². The van der Waals surface area contributed by atoms with Gasteiger partial charge < -0.3 is 9.64 Å². The second-order valence-corrected chi connectivity index (χ2v) is 5.45. The quantitative estimate of drug-likeness (QED) is 0.827. The fourth-order valence-electron chi connectivity index (χ4n) is 2.55. The van der Waals surface area contributed by atoms with E-state index in [1.165, 1.54) is 10.7 Å². The summed E-state index contributed by atoms with van der Waals surface area (Å²) in [7, 11) is 0. The van der Waals surface area contributed by atoms with Crippen LogP contribution in [0, 0.1) is 6.92 Å². The summed E-state index contributed by atoms with van der Waals surface area (Å²) in [6.45, 7) is 3.18. The van der Waals surface area contributed by atoms with E-state index in [4.69, 9.17) is 4.74 Å². The van der Waals surface area contributed by atoms with Crippen molar-refractivity contribution in [1.29, 1.82) is 0 Å². The standard InChI is InChI=1S/C16H18N4O3/c1-12-2-3-15(21)20(18-12)11-16(22)19-8-9-23-14(10-19)13-4-6-17-7-5-13/h2-7,14H,8-11H2,1H3/t14-/m1/s1. The molecule has 7 nitrogen and oxygen atoms in total. The van der Waals surface area contributed by atoms with Crippen LogP contribution >= 0.6 is 0 Å². The third-order valence-electron chi connectivity index (χ3n) is 3.78. The van der Waals surface area contributed by atoms with Crippen LogP contribution in [0.15, 0.2) is 41.5 Å². The lowest BCUT2D eigenvalue weighted by Crippen LogP contribution is -2.44. The molecule has 3 rings (SSSR count). The number of aromatic nitrogens is 3. The van der Waals surface area contributed by atoms with Crippen molar-refractivity contribution in [3.05, 3.63) is 58.3 Å². The summed E-state index contributed by atoms with van der Waals surface area (Å²) in [5, 5.41) is 4.10. The number of morpholine rings is 1. The Morgan fingerprint density at radius 3 is 2.87 bits per heavy atom. The minimum Gasteiger partial charge on any atom is -0.370 e. The Labute approximate surface area is 133 Å². The summed E-state index contributed by atoms with van der Waals surface area (Å²) in [6.07, 6.45) is 3.24. The SMILES string of the molecule is Cc1ccc(=O)n(CC(=O)N2CCO[C@@H](c3ccncc3)C2)n1. The number of hydrogen-bond donors (Lipinski definition) is 0. The summed E-state index contributed by atoms with van der Waals surface area (Å²) >= 11 is 0. The molecule has 1 saturated heterocycles. The van der Waals surface area contributed by atoms with Gasteiger partial charge in [0.15, 0.2) is 0 Å². The molecular formula is C16H18N4O3. The average molecular weight is 314 g/mol. The Hall–Kier alpha value is -2.54. The second kappa shape index (κ2) is 6.70. The minimum absolute atomic E-state index is 0.0520. The van der Waals surface area contributed by atoms with E-state index in [0.717, 1.165) is 5.56 Å². The molecular weight excluding hydrogens is 296 g/mol. The summed E-state index contributed by atoms with van der Waals surface area (Å²) in [5.74, 6) is -0.132. The first-order valence-corrected chi connectivity index (χ1v) is 7.47. The smallest absolute Gasteiger partial charge is 0.267 e. The second-order valence-electron chi connectivity index (χ2n) is 5.45. The molecule has 0 saturated carbocycles. The van der Waals surface area contributed by atoms with E-state index in [-0.39, 0.29) is 24.1 Å². The van der Waals surface area contributed by atoms with Gasteiger partial charge in [-0.1, -0.05) is 0 Å². The monoisotopic (exact) mass is 314 g/mol. The number of carbonyl (C=O) groups is 1. The van der Waals surface area contributed by atoms with Crippen LogP contribution < -0.4 is 5.56 Å². The number of hydrogen-bond acceptors (Lipinski definition) is 5. The van der Waals surface area contributed by atoms with Gasteiger partial charge in [-0.05, 0) is 30.7 Å². The van der Waals surface area contributed by atoms with E-state index < -0.39 is 0 Å². The molecule has 0 aliphatic carbocycles. The Balaban J connectivity index is 1.70. The molecule has 120 valence electrons. The molecule has 23 heavy (non-hydrogen) atoms. The van der Waals surface area contributed by atoms with Crippen molar-refractivity contribution in [3.63, 3.8) is 0 Å². The highest BCUT2D eigenvalue weighted by atomic mass is 16.5. The third kappa shape index (κ3) is 3.62. The predicted octanol–water partition coefficient (Wildman–Crippen LogP) is 0.547. The molecule has 1 aliphatic rings. The van der Waals surface area contributed by atoms with E-state index in [9.17, 15) is 9.59 Å². The van der Waals surface area contributed by atoms with Crippen LogP contribution in [0.2, 0.25) is 0 Å². The third-order valence-corrected chi connectivity index (χ3v) is 3.78. The number of aryl methyl sites for hydroxylation is 1. The maximum Gasteiger partial charge on any atom is 0.267 e.